The second-order valence-corrected chi connectivity index (χ2v) is 34.7. The van der Waals surface area contributed by atoms with Gasteiger partial charge >= 0.3 is 41.8 Å². The normalized spacial score (nSPS) is 16.2. The highest BCUT2D eigenvalue weighted by Gasteiger charge is 2.27. The van der Waals surface area contributed by atoms with E-state index >= 15 is 0 Å². The molecular weight excluding hydrogens is 1580 g/mol. The molecule has 3 atom stereocenters. The molecule has 0 bridgehead atoms. The lowest BCUT2D eigenvalue weighted by Gasteiger charge is -2.29. The number of carbonyl (C=O) groups excluding carboxylic acids is 7. The van der Waals surface area contributed by atoms with Crippen LogP contribution in [0.25, 0.3) is 0 Å². The summed E-state index contributed by atoms with van der Waals surface area (Å²) >= 11 is 0. The average Bonchev–Trinajstić information content (AvgIpc) is 1.02. The molecule has 125 heavy (non-hydrogen) atoms. The van der Waals surface area contributed by atoms with Gasteiger partial charge in [0.15, 0.2) is 6.29 Å². The summed E-state index contributed by atoms with van der Waals surface area (Å²) in [5, 5.41) is 0. The van der Waals surface area contributed by atoms with Crippen LogP contribution in [0, 0.1) is 11.8 Å². The lowest BCUT2D eigenvalue weighted by Crippen LogP contribution is -2.22. The van der Waals surface area contributed by atoms with Gasteiger partial charge in [0, 0.05) is 13.2 Å². The zero-order valence-corrected chi connectivity index (χ0v) is 76.2. The number of hydrogen-bond donors (Lipinski definition) is 0. The summed E-state index contributed by atoms with van der Waals surface area (Å²) in [7, 11) is 0. The zero-order valence-electron chi connectivity index (χ0n) is 76.2. The molecule has 5 aromatic rings. The van der Waals surface area contributed by atoms with Crippen molar-refractivity contribution in [1.82, 2.24) is 0 Å². The highest BCUT2D eigenvalue weighted by molar-refractivity contribution is 5.93. The van der Waals surface area contributed by atoms with Crippen LogP contribution >= 0.6 is 0 Å². The maximum atomic E-state index is 13.6. The van der Waals surface area contributed by atoms with Crippen LogP contribution in [0.5, 0.6) is 34.5 Å². The first-order valence-corrected chi connectivity index (χ1v) is 48.9. The van der Waals surface area contributed by atoms with Crippen molar-refractivity contribution >= 4 is 41.8 Å². The fourth-order valence-electron chi connectivity index (χ4n) is 16.7. The second kappa shape index (κ2) is 64.3. The molecule has 3 aliphatic rings. The third-order valence-electron chi connectivity index (χ3n) is 24.3. The molecule has 0 aromatic heterocycles. The van der Waals surface area contributed by atoms with E-state index in [4.69, 9.17) is 61.6 Å². The summed E-state index contributed by atoms with van der Waals surface area (Å²) in [5.41, 5.74) is 3.98. The molecule has 0 N–H and O–H groups in total. The first kappa shape index (κ1) is 102. The molecule has 20 nitrogen and oxygen atoms in total. The quantitative estimate of drug-likeness (QED) is 0.0152. The molecule has 0 spiro atoms. The van der Waals surface area contributed by atoms with Crippen LogP contribution < -0.4 is 28.4 Å². The molecule has 0 amide bonds. The van der Waals surface area contributed by atoms with Gasteiger partial charge in [0.05, 0.1) is 96.3 Å². The van der Waals surface area contributed by atoms with E-state index in [-0.39, 0.29) is 55.9 Å². The van der Waals surface area contributed by atoms with Crippen LogP contribution in [0.3, 0.4) is 0 Å². The van der Waals surface area contributed by atoms with E-state index in [1.54, 1.807) is 36.4 Å². The van der Waals surface area contributed by atoms with Crippen molar-refractivity contribution < 1.29 is 95.1 Å². The van der Waals surface area contributed by atoms with Gasteiger partial charge in [0.2, 0.25) is 0 Å². The summed E-state index contributed by atoms with van der Waals surface area (Å²) in [6.07, 6.45) is 48.4. The van der Waals surface area contributed by atoms with Gasteiger partial charge in [0.1, 0.15) is 40.1 Å². The molecule has 8 rings (SSSR count). The maximum Gasteiger partial charge on any atom is 0.343 e. The Morgan fingerprint density at radius 1 is 0.304 bits per heavy atom. The third kappa shape index (κ3) is 44.7. The molecule has 2 saturated carbocycles. The van der Waals surface area contributed by atoms with E-state index in [9.17, 15) is 33.6 Å². The minimum atomic E-state index is -0.446. The van der Waals surface area contributed by atoms with Crippen LogP contribution in [0.15, 0.2) is 115 Å². The Kier molecular flexibility index (Phi) is 52.4. The van der Waals surface area contributed by atoms with Crippen molar-refractivity contribution in [2.75, 3.05) is 72.7 Å². The number of rotatable bonds is 69. The summed E-state index contributed by atoms with van der Waals surface area (Å²) in [6, 6.07) is 35.7. The minimum Gasteiger partial charge on any atom is -0.494 e. The summed E-state index contributed by atoms with van der Waals surface area (Å²) in [6.45, 7) is 9.63. The average molecular weight is 1730 g/mol. The molecule has 20 heteroatoms. The molecule has 1 heterocycles. The minimum absolute atomic E-state index is 0.000462. The van der Waals surface area contributed by atoms with Crippen molar-refractivity contribution in [1.29, 1.82) is 0 Å². The highest BCUT2D eigenvalue weighted by atomic mass is 16.7. The smallest absolute Gasteiger partial charge is 0.343 e. The Hall–Kier alpha value is -8.49. The molecule has 692 valence electrons. The monoisotopic (exact) mass is 1730 g/mol. The van der Waals surface area contributed by atoms with Crippen LogP contribution in [0.4, 0.5) is 0 Å². The molecule has 3 unspecified atom stereocenters. The summed E-state index contributed by atoms with van der Waals surface area (Å²) in [4.78, 5) is 88.8. The number of esters is 7. The topological polar surface area (TPSA) is 239 Å². The van der Waals surface area contributed by atoms with Gasteiger partial charge < -0.3 is 61.6 Å². The van der Waals surface area contributed by atoms with Gasteiger partial charge in [-0.15, -0.1) is 0 Å². The fraction of sp³-hybridized carbons (Fsp3) is 0.648. The van der Waals surface area contributed by atoms with E-state index in [2.05, 4.69) is 38.1 Å². The third-order valence-corrected chi connectivity index (χ3v) is 24.3. The van der Waals surface area contributed by atoms with Gasteiger partial charge in [-0.1, -0.05) is 199 Å². The summed E-state index contributed by atoms with van der Waals surface area (Å²) < 4.78 is 74.5. The van der Waals surface area contributed by atoms with Gasteiger partial charge in [0.25, 0.3) is 0 Å². The lowest BCUT2D eigenvalue weighted by atomic mass is 9.77. The van der Waals surface area contributed by atoms with Gasteiger partial charge in [-0.25, -0.2) is 14.4 Å². The number of carbonyl (C=O) groups is 7. The van der Waals surface area contributed by atoms with Crippen molar-refractivity contribution in [3.63, 3.8) is 0 Å². The van der Waals surface area contributed by atoms with Crippen molar-refractivity contribution in [2.45, 2.75) is 353 Å². The van der Waals surface area contributed by atoms with Gasteiger partial charge in [-0.2, -0.15) is 0 Å². The van der Waals surface area contributed by atoms with Crippen LogP contribution in [0.2, 0.25) is 0 Å². The fourth-order valence-corrected chi connectivity index (χ4v) is 16.7. The predicted molar refractivity (Wildman–Crippen MR) is 489 cm³/mol. The highest BCUT2D eigenvalue weighted by Crippen LogP contribution is 2.42. The SMILES string of the molecule is CCCCCC1CCC(c2ccc(OC(=O)c3ccc(OCCCCCCCCOC(=O)CCC(=O)OCCCCCCCCOc4ccc(OCCCCCCCCOC(=O)CCC(=O)OCCCCCCCCOc5ccc(C(=O)Oc6ccc(C7CCC(CCCCC)C7)cc6)cc5)cc4C(=O)OCCCCCCOC4CCCCO4)cc3)cc2)CC1. The number of hydrogen-bond acceptors (Lipinski definition) is 20. The van der Waals surface area contributed by atoms with Gasteiger partial charge in [-0.3, -0.25) is 19.2 Å². The number of unbranched alkanes of at least 4 members (excludes halogenated alkanes) is 27. The maximum absolute atomic E-state index is 13.6. The largest absolute Gasteiger partial charge is 0.494 e. The van der Waals surface area contributed by atoms with Crippen LogP contribution in [-0.4, -0.2) is 121 Å². The van der Waals surface area contributed by atoms with E-state index in [1.807, 2.05) is 54.6 Å². The van der Waals surface area contributed by atoms with E-state index < -0.39 is 17.9 Å². The van der Waals surface area contributed by atoms with Crippen LogP contribution in [-0.2, 0) is 52.3 Å². The Bertz CT molecular complexity index is 3730. The molecule has 1 aliphatic heterocycles. The number of ether oxygens (including phenoxy) is 13. The molecular formula is C105H152O20. The summed E-state index contributed by atoms with van der Waals surface area (Å²) in [5.74, 6) is 3.70. The van der Waals surface area contributed by atoms with Gasteiger partial charge in [-0.05, 0) is 261 Å². The van der Waals surface area contributed by atoms with Crippen LogP contribution in [0.1, 0.15) is 389 Å². The molecule has 1 saturated heterocycles. The number of benzene rings is 5. The first-order valence-electron chi connectivity index (χ1n) is 48.9. The zero-order chi connectivity index (χ0) is 88.0. The van der Waals surface area contributed by atoms with E-state index in [0.29, 0.717) is 129 Å². The molecule has 2 aliphatic carbocycles. The Balaban J connectivity index is 0.570. The molecule has 3 fully saturated rings. The predicted octanol–water partition coefficient (Wildman–Crippen LogP) is 25.7. The molecule has 0 radical (unpaired) electrons. The lowest BCUT2D eigenvalue weighted by molar-refractivity contribution is -0.162. The standard InChI is InChI=1S/C105H152O20/c1-3-5-25-39-83-42-45-85(46-43-83)86-48-60-93(61-49-86)124-103(110)88-52-56-91(57-53-88)113-70-28-15-7-11-19-33-75-118-99(107)68-69-101(109)120-77-35-22-14-10-18-31-73-116-97-65-64-95(82-96(97)105(112)123-80-37-24-23-36-78-121-102-41-27-38-79-122-102)115-72-30-17-9-13-21-34-76-119-100(108)67-66-98(106)117-74-32-20-12-8-16-29-71-114-92-58-54-89(55-59-92)104(111)125-94-62-50-87(51-63-94)90-47-44-84(81-90)40-26-6-4-2/h48-65,82-85,90,102H,3-47,66-81H2,1-2H3. The van der Waals surface area contributed by atoms with E-state index in [1.165, 1.54) is 107 Å². The second-order valence-electron chi connectivity index (χ2n) is 34.7. The van der Waals surface area contributed by atoms with Crippen molar-refractivity contribution in [2.24, 2.45) is 11.8 Å². The van der Waals surface area contributed by atoms with Crippen molar-refractivity contribution in [3.05, 3.63) is 143 Å². The Morgan fingerprint density at radius 2 is 0.656 bits per heavy atom. The Labute approximate surface area is 748 Å². The first-order chi connectivity index (χ1) is 61.4. The van der Waals surface area contributed by atoms with E-state index in [0.717, 1.165) is 217 Å². The van der Waals surface area contributed by atoms with Crippen molar-refractivity contribution in [3.8, 4) is 34.5 Å². The Morgan fingerprint density at radius 3 is 1.08 bits per heavy atom. The molecule has 5 aromatic carbocycles.